The van der Waals surface area contributed by atoms with E-state index < -0.39 is 43.2 Å². The zero-order chi connectivity index (χ0) is 18.0. The molecule has 0 radical (unpaired) electrons. The van der Waals surface area contributed by atoms with E-state index in [1.807, 2.05) is 36.4 Å². The Labute approximate surface area is 144 Å². The molecular formula is C18H21NO6. The molecule has 1 aliphatic heterocycles. The highest BCUT2D eigenvalue weighted by atomic mass is 16.6. The molecule has 4 N–H and O–H groups in total. The van der Waals surface area contributed by atoms with Crippen LogP contribution in [0, 0.1) is 0 Å². The summed E-state index contributed by atoms with van der Waals surface area (Å²) in [5.74, 6) is 0.108. The number of ether oxygens (including phenoxy) is 2. The largest absolute Gasteiger partial charge is 0.485 e. The number of aliphatic hydroxyl groups excluding tert-OH is 3. The summed E-state index contributed by atoms with van der Waals surface area (Å²) >= 11 is 0. The van der Waals surface area contributed by atoms with Crippen LogP contribution in [0.25, 0.3) is 10.8 Å². The number of carbonyl (C=O) groups is 1. The molecule has 1 heterocycles. The van der Waals surface area contributed by atoms with Crippen molar-refractivity contribution >= 4 is 16.7 Å². The van der Waals surface area contributed by atoms with Crippen molar-refractivity contribution in [3.63, 3.8) is 0 Å². The summed E-state index contributed by atoms with van der Waals surface area (Å²) in [6, 6.07) is 12.1. The maximum Gasteiger partial charge on any atom is 0.217 e. The third-order valence-electron chi connectivity index (χ3n) is 4.26. The Morgan fingerprint density at radius 3 is 2.64 bits per heavy atom. The first-order valence-corrected chi connectivity index (χ1v) is 8.05. The summed E-state index contributed by atoms with van der Waals surface area (Å²) in [5.41, 5.74) is 0. The summed E-state index contributed by atoms with van der Waals surface area (Å²) in [4.78, 5) is 11.5. The molecule has 0 saturated carbocycles. The lowest BCUT2D eigenvalue weighted by Gasteiger charge is -2.42. The van der Waals surface area contributed by atoms with E-state index in [2.05, 4.69) is 5.32 Å². The van der Waals surface area contributed by atoms with Crippen LogP contribution in [-0.4, -0.2) is 58.5 Å². The molecule has 0 spiro atoms. The quantitative estimate of drug-likeness (QED) is 0.628. The van der Waals surface area contributed by atoms with Crippen LogP contribution in [-0.2, 0) is 9.53 Å². The first kappa shape index (κ1) is 17.6. The van der Waals surface area contributed by atoms with Crippen molar-refractivity contribution in [2.24, 2.45) is 0 Å². The number of carbonyl (C=O) groups excluding carboxylic acids is 1. The number of hydrogen-bond donors (Lipinski definition) is 4. The fourth-order valence-electron chi connectivity index (χ4n) is 3.06. The van der Waals surface area contributed by atoms with Gasteiger partial charge in [0.15, 0.2) is 12.4 Å². The van der Waals surface area contributed by atoms with Crippen molar-refractivity contribution in [1.29, 1.82) is 0 Å². The molecule has 5 atom stereocenters. The third-order valence-corrected chi connectivity index (χ3v) is 4.26. The van der Waals surface area contributed by atoms with Gasteiger partial charge in [-0.3, -0.25) is 4.79 Å². The SMILES string of the molecule is CC(=O)N[C@@H]1[C@@H](Oc2cccc3ccccc23)[C@H](O)[C@@H](CO)O[C@H]1O. The second kappa shape index (κ2) is 7.37. The maximum atomic E-state index is 11.5. The van der Waals surface area contributed by atoms with E-state index in [1.54, 1.807) is 6.07 Å². The van der Waals surface area contributed by atoms with Gasteiger partial charge in [0.25, 0.3) is 0 Å². The van der Waals surface area contributed by atoms with Crippen LogP contribution < -0.4 is 10.1 Å². The Morgan fingerprint density at radius 1 is 1.20 bits per heavy atom. The normalized spacial score (nSPS) is 29.4. The van der Waals surface area contributed by atoms with Crippen molar-refractivity contribution < 1.29 is 29.6 Å². The van der Waals surface area contributed by atoms with Gasteiger partial charge in [-0.1, -0.05) is 36.4 Å². The number of fused-ring (bicyclic) bond motifs is 1. The average molecular weight is 347 g/mol. The van der Waals surface area contributed by atoms with Crippen LogP contribution in [0.4, 0.5) is 0 Å². The minimum absolute atomic E-state index is 0.395. The van der Waals surface area contributed by atoms with Crippen LogP contribution in [0.5, 0.6) is 5.75 Å². The van der Waals surface area contributed by atoms with Crippen molar-refractivity contribution in [2.45, 2.75) is 37.6 Å². The monoisotopic (exact) mass is 347 g/mol. The van der Waals surface area contributed by atoms with E-state index in [-0.39, 0.29) is 0 Å². The molecule has 1 fully saturated rings. The molecular weight excluding hydrogens is 326 g/mol. The minimum Gasteiger partial charge on any atom is -0.485 e. The van der Waals surface area contributed by atoms with E-state index in [9.17, 15) is 20.1 Å². The molecule has 2 aromatic carbocycles. The Kier molecular flexibility index (Phi) is 5.19. The van der Waals surface area contributed by atoms with Crippen LogP contribution in [0.1, 0.15) is 6.92 Å². The topological polar surface area (TPSA) is 108 Å². The minimum atomic E-state index is -1.41. The average Bonchev–Trinajstić information content (AvgIpc) is 2.60. The molecule has 134 valence electrons. The first-order valence-electron chi connectivity index (χ1n) is 8.05. The molecule has 0 unspecified atom stereocenters. The number of aliphatic hydroxyl groups is 3. The lowest BCUT2D eigenvalue weighted by Crippen LogP contribution is -2.65. The molecule has 1 aliphatic rings. The summed E-state index contributed by atoms with van der Waals surface area (Å²) in [6.07, 6.45) is -4.65. The van der Waals surface area contributed by atoms with Crippen LogP contribution in [0.15, 0.2) is 42.5 Å². The number of hydrogen-bond acceptors (Lipinski definition) is 6. The zero-order valence-electron chi connectivity index (χ0n) is 13.7. The number of nitrogens with one attached hydrogen (secondary N) is 1. The summed E-state index contributed by atoms with van der Waals surface area (Å²) in [5, 5.41) is 34.3. The number of rotatable bonds is 4. The van der Waals surface area contributed by atoms with Gasteiger partial charge in [0.05, 0.1) is 6.61 Å². The van der Waals surface area contributed by atoms with Gasteiger partial charge in [0.2, 0.25) is 5.91 Å². The van der Waals surface area contributed by atoms with E-state index in [0.717, 1.165) is 10.8 Å². The highest BCUT2D eigenvalue weighted by Crippen LogP contribution is 2.30. The lowest BCUT2D eigenvalue weighted by atomic mass is 9.96. The highest BCUT2D eigenvalue weighted by molar-refractivity contribution is 5.88. The van der Waals surface area contributed by atoms with E-state index in [4.69, 9.17) is 9.47 Å². The van der Waals surface area contributed by atoms with Crippen molar-refractivity contribution in [1.82, 2.24) is 5.32 Å². The molecule has 7 nitrogen and oxygen atoms in total. The molecule has 0 aliphatic carbocycles. The molecule has 25 heavy (non-hydrogen) atoms. The third kappa shape index (κ3) is 3.59. The fourth-order valence-corrected chi connectivity index (χ4v) is 3.06. The summed E-state index contributed by atoms with van der Waals surface area (Å²) < 4.78 is 11.2. The predicted molar refractivity (Wildman–Crippen MR) is 89.9 cm³/mol. The van der Waals surface area contributed by atoms with E-state index in [1.165, 1.54) is 6.92 Å². The second-order valence-electron chi connectivity index (χ2n) is 6.02. The molecule has 3 rings (SSSR count). The lowest BCUT2D eigenvalue weighted by molar-refractivity contribution is -0.249. The van der Waals surface area contributed by atoms with Gasteiger partial charge in [-0.15, -0.1) is 0 Å². The smallest absolute Gasteiger partial charge is 0.217 e. The zero-order valence-corrected chi connectivity index (χ0v) is 13.7. The standard InChI is InChI=1S/C18H21NO6/c1-10(21)19-15-17(16(22)14(9-20)25-18(15)23)24-13-8-4-6-11-5-2-3-7-12(11)13/h2-8,14-18,20,22-23H,9H2,1H3,(H,19,21)/t14-,15-,16-,17-,18-/m1/s1. The molecule has 2 aromatic rings. The van der Waals surface area contributed by atoms with Gasteiger partial charge in [-0.05, 0) is 11.5 Å². The van der Waals surface area contributed by atoms with Crippen LogP contribution in [0.3, 0.4) is 0 Å². The number of benzene rings is 2. The van der Waals surface area contributed by atoms with Crippen molar-refractivity contribution in [3.05, 3.63) is 42.5 Å². The Balaban J connectivity index is 1.95. The second-order valence-corrected chi connectivity index (χ2v) is 6.02. The molecule has 0 bridgehead atoms. The summed E-state index contributed by atoms with van der Waals surface area (Å²) in [6.45, 7) is 0.812. The van der Waals surface area contributed by atoms with Gasteiger partial charge in [-0.2, -0.15) is 0 Å². The predicted octanol–water partition coefficient (Wildman–Crippen LogP) is 0.162. The van der Waals surface area contributed by atoms with Gasteiger partial charge in [0, 0.05) is 12.3 Å². The van der Waals surface area contributed by atoms with Crippen molar-refractivity contribution in [3.8, 4) is 5.75 Å². The molecule has 0 aromatic heterocycles. The highest BCUT2D eigenvalue weighted by Gasteiger charge is 2.46. The van der Waals surface area contributed by atoms with Gasteiger partial charge < -0.3 is 30.1 Å². The van der Waals surface area contributed by atoms with Crippen LogP contribution >= 0.6 is 0 Å². The van der Waals surface area contributed by atoms with Gasteiger partial charge >= 0.3 is 0 Å². The fraction of sp³-hybridized carbons (Fsp3) is 0.389. The Morgan fingerprint density at radius 2 is 1.92 bits per heavy atom. The van der Waals surface area contributed by atoms with Gasteiger partial charge in [0.1, 0.15) is 24.0 Å². The molecule has 1 amide bonds. The van der Waals surface area contributed by atoms with Crippen molar-refractivity contribution in [2.75, 3.05) is 6.61 Å². The molecule has 1 saturated heterocycles. The van der Waals surface area contributed by atoms with E-state index in [0.29, 0.717) is 5.75 Å². The maximum absolute atomic E-state index is 11.5. The van der Waals surface area contributed by atoms with Crippen LogP contribution in [0.2, 0.25) is 0 Å². The Bertz CT molecular complexity index is 746. The summed E-state index contributed by atoms with van der Waals surface area (Å²) in [7, 11) is 0. The first-order chi connectivity index (χ1) is 12.0. The Hall–Kier alpha value is -2.19. The van der Waals surface area contributed by atoms with Gasteiger partial charge in [-0.25, -0.2) is 0 Å². The molecule has 7 heteroatoms. The number of amides is 1. The van der Waals surface area contributed by atoms with E-state index >= 15 is 0 Å².